The molecule has 2 heterocycles. The summed E-state index contributed by atoms with van der Waals surface area (Å²) in [6, 6.07) is 13.5. The second kappa shape index (κ2) is 4.81. The zero-order valence-corrected chi connectivity index (χ0v) is 12.4. The Morgan fingerprint density at radius 1 is 0.950 bits per heavy atom. The first-order valence-electron chi connectivity index (χ1n) is 6.77. The van der Waals surface area contributed by atoms with Gasteiger partial charge in [0.2, 0.25) is 0 Å². The van der Waals surface area contributed by atoms with E-state index in [-0.39, 0.29) is 18.9 Å². The van der Waals surface area contributed by atoms with E-state index in [1.165, 1.54) is 33.6 Å². The second-order valence-electron chi connectivity index (χ2n) is 5.63. The first kappa shape index (κ1) is 13.5. The van der Waals surface area contributed by atoms with E-state index in [1.807, 2.05) is 0 Å². The molecule has 20 heavy (non-hydrogen) atoms. The summed E-state index contributed by atoms with van der Waals surface area (Å²) in [5.41, 5.74) is 8.13. The molecule has 0 saturated carbocycles. The molecule has 0 saturated heterocycles. The van der Waals surface area contributed by atoms with Crippen molar-refractivity contribution in [3.8, 4) is 0 Å². The molecular weight excluding hydrogens is 239 g/mol. The number of nitrogens with zero attached hydrogens (tertiary/aromatic N) is 2. The molecule has 0 atom stereocenters. The Kier molecular flexibility index (Phi) is 3.24. The van der Waals surface area contributed by atoms with Gasteiger partial charge >= 0.3 is 18.9 Å². The summed E-state index contributed by atoms with van der Waals surface area (Å²) < 4.78 is 0. The van der Waals surface area contributed by atoms with Crippen LogP contribution in [0.25, 0.3) is 0 Å². The van der Waals surface area contributed by atoms with Crippen molar-refractivity contribution in [1.82, 2.24) is 0 Å². The Morgan fingerprint density at radius 2 is 1.65 bits per heavy atom. The number of hydrogen-bond acceptors (Lipinski definition) is 2. The van der Waals surface area contributed by atoms with Gasteiger partial charge in [0.25, 0.3) is 0 Å². The SMILES string of the molecule is Cc1ccc2c(c1)[CH-]N1CN2Cc2cc(C)ccc21.[Li+]. The molecule has 96 valence electrons. The maximum absolute atomic E-state index is 2.45. The van der Waals surface area contributed by atoms with Gasteiger partial charge in [-0.1, -0.05) is 49.0 Å². The quantitative estimate of drug-likeness (QED) is 0.503. The van der Waals surface area contributed by atoms with E-state index in [4.69, 9.17) is 0 Å². The minimum atomic E-state index is 0. The van der Waals surface area contributed by atoms with Crippen LogP contribution in [0, 0.1) is 20.4 Å². The molecule has 2 aromatic carbocycles. The van der Waals surface area contributed by atoms with Gasteiger partial charge < -0.3 is 9.80 Å². The number of benzene rings is 2. The zero-order chi connectivity index (χ0) is 13.0. The number of rotatable bonds is 0. The van der Waals surface area contributed by atoms with Gasteiger partial charge in [0.05, 0.1) is 6.67 Å². The summed E-state index contributed by atoms with van der Waals surface area (Å²) >= 11 is 0. The largest absolute Gasteiger partial charge is 1.00 e. The molecule has 0 aliphatic carbocycles. The van der Waals surface area contributed by atoms with Crippen LogP contribution in [-0.4, -0.2) is 6.67 Å². The monoisotopic (exact) mass is 256 g/mol. The predicted octanol–water partition coefficient (Wildman–Crippen LogP) is 0.615. The molecule has 3 heteroatoms. The van der Waals surface area contributed by atoms with Gasteiger partial charge in [-0.3, -0.25) is 0 Å². The molecule has 2 aliphatic heterocycles. The Bertz CT molecular complexity index is 609. The zero-order valence-electron chi connectivity index (χ0n) is 12.4. The van der Waals surface area contributed by atoms with Crippen LogP contribution in [0.3, 0.4) is 0 Å². The Labute approximate surface area is 132 Å². The molecule has 0 N–H and O–H groups in total. The summed E-state index contributed by atoms with van der Waals surface area (Å²) in [5, 5.41) is 0. The van der Waals surface area contributed by atoms with Crippen molar-refractivity contribution in [1.29, 1.82) is 0 Å². The number of anilines is 2. The molecule has 2 aromatic rings. The van der Waals surface area contributed by atoms with Gasteiger partial charge in [-0.05, 0) is 18.6 Å². The summed E-state index contributed by atoms with van der Waals surface area (Å²) in [5.74, 6) is 0. The van der Waals surface area contributed by atoms with Gasteiger partial charge in [-0.25, -0.2) is 0 Å². The maximum atomic E-state index is 2.45. The molecule has 2 nitrogen and oxygen atoms in total. The number of hydrogen-bond donors (Lipinski definition) is 0. The number of aryl methyl sites for hydroxylation is 2. The molecule has 4 rings (SSSR count). The second-order valence-corrected chi connectivity index (χ2v) is 5.63. The van der Waals surface area contributed by atoms with E-state index in [0.717, 1.165) is 13.2 Å². The molecule has 0 aromatic heterocycles. The normalized spacial score (nSPS) is 14.9. The van der Waals surface area contributed by atoms with Crippen LogP contribution in [-0.2, 0) is 6.54 Å². The first-order chi connectivity index (χ1) is 9.20. The van der Waals surface area contributed by atoms with Crippen LogP contribution in [0.15, 0.2) is 36.4 Å². The molecule has 0 amide bonds. The predicted molar refractivity (Wildman–Crippen MR) is 79.3 cm³/mol. The van der Waals surface area contributed by atoms with E-state index in [9.17, 15) is 0 Å². The van der Waals surface area contributed by atoms with Crippen LogP contribution in [0.4, 0.5) is 11.4 Å². The van der Waals surface area contributed by atoms with Crippen LogP contribution < -0.4 is 28.7 Å². The molecular formula is C17H17LiN2. The molecule has 0 unspecified atom stereocenters. The Morgan fingerprint density at radius 3 is 2.45 bits per heavy atom. The summed E-state index contributed by atoms with van der Waals surface area (Å²) in [6.45, 7) is 8.58. The van der Waals surface area contributed by atoms with Gasteiger partial charge in [0.15, 0.2) is 0 Å². The van der Waals surface area contributed by atoms with Crippen LogP contribution in [0.5, 0.6) is 0 Å². The fourth-order valence-electron chi connectivity index (χ4n) is 3.14. The van der Waals surface area contributed by atoms with Gasteiger partial charge in [0.1, 0.15) is 0 Å². The Hall–Kier alpha value is -1.49. The van der Waals surface area contributed by atoms with Crippen molar-refractivity contribution in [3.05, 3.63) is 65.2 Å². The van der Waals surface area contributed by atoms with E-state index < -0.39 is 0 Å². The van der Waals surface area contributed by atoms with Crippen LogP contribution >= 0.6 is 0 Å². The smallest absolute Gasteiger partial charge is 0.403 e. The van der Waals surface area contributed by atoms with E-state index in [1.54, 1.807) is 0 Å². The van der Waals surface area contributed by atoms with Crippen molar-refractivity contribution in [2.24, 2.45) is 0 Å². The minimum Gasteiger partial charge on any atom is -0.403 e. The third-order valence-electron chi connectivity index (χ3n) is 4.05. The van der Waals surface area contributed by atoms with Crippen molar-refractivity contribution in [2.45, 2.75) is 20.4 Å². The third-order valence-corrected chi connectivity index (χ3v) is 4.05. The van der Waals surface area contributed by atoms with Crippen molar-refractivity contribution >= 4 is 11.4 Å². The maximum Gasteiger partial charge on any atom is 1.00 e. The van der Waals surface area contributed by atoms with E-state index in [0.29, 0.717) is 0 Å². The average molecular weight is 256 g/mol. The third kappa shape index (κ3) is 2.00. The van der Waals surface area contributed by atoms with Crippen molar-refractivity contribution < 1.29 is 18.9 Å². The summed E-state index contributed by atoms with van der Waals surface area (Å²) in [6.07, 6.45) is 0. The average Bonchev–Trinajstić information content (AvgIpc) is 2.37. The van der Waals surface area contributed by atoms with Crippen molar-refractivity contribution in [2.75, 3.05) is 16.5 Å². The summed E-state index contributed by atoms with van der Waals surface area (Å²) in [4.78, 5) is 4.82. The van der Waals surface area contributed by atoms with E-state index >= 15 is 0 Å². The van der Waals surface area contributed by atoms with Crippen molar-refractivity contribution in [3.63, 3.8) is 0 Å². The first-order valence-corrected chi connectivity index (χ1v) is 6.77. The Balaban J connectivity index is 0.00000121. The molecule has 2 aliphatic rings. The van der Waals surface area contributed by atoms with Gasteiger partial charge in [-0.15, -0.1) is 11.1 Å². The number of fused-ring (bicyclic) bond motifs is 6. The van der Waals surface area contributed by atoms with Gasteiger partial charge in [0, 0.05) is 12.2 Å². The fraction of sp³-hybridized carbons (Fsp3) is 0.235. The standard InChI is InChI=1S/C17H17N2.Li/c1-12-3-5-16-14(7-12)9-18-11-19(16)10-15-8-13(2)4-6-17(15)18;/h3-9H,10-11H2,1-2H3;/q-1;+1. The topological polar surface area (TPSA) is 6.48 Å². The molecule has 0 radical (unpaired) electrons. The van der Waals surface area contributed by atoms with Gasteiger partial charge in [-0.2, -0.15) is 6.07 Å². The van der Waals surface area contributed by atoms with Crippen LogP contribution in [0.1, 0.15) is 22.3 Å². The molecule has 2 bridgehead atoms. The molecule has 0 spiro atoms. The molecule has 0 fully saturated rings. The minimum absolute atomic E-state index is 0. The van der Waals surface area contributed by atoms with Crippen LogP contribution in [0.2, 0.25) is 0 Å². The summed E-state index contributed by atoms with van der Waals surface area (Å²) in [7, 11) is 0. The fourth-order valence-corrected chi connectivity index (χ4v) is 3.14. The van der Waals surface area contributed by atoms with E-state index in [2.05, 4.69) is 66.6 Å².